The molecule has 2 atom stereocenters. The van der Waals surface area contributed by atoms with Crippen molar-refractivity contribution in [3.05, 3.63) is 163 Å². The Morgan fingerprint density at radius 2 is 1.07 bits per heavy atom. The van der Waals surface area contributed by atoms with Crippen molar-refractivity contribution < 1.29 is 0 Å². The van der Waals surface area contributed by atoms with E-state index < -0.39 is 0 Å². The topological polar surface area (TPSA) is 0 Å². The van der Waals surface area contributed by atoms with E-state index in [9.17, 15) is 0 Å². The molecule has 3 aliphatic rings. The lowest BCUT2D eigenvalue weighted by atomic mass is 9.83. The zero-order valence-corrected chi connectivity index (χ0v) is 23.7. The van der Waals surface area contributed by atoms with Crippen molar-refractivity contribution in [1.29, 1.82) is 0 Å². The first-order valence-corrected chi connectivity index (χ1v) is 15.4. The van der Waals surface area contributed by atoms with Crippen molar-refractivity contribution in [2.45, 2.75) is 11.8 Å². The number of benzene rings is 7. The molecule has 0 heteroatoms. The molecule has 1 saturated carbocycles. The molecule has 0 amide bonds. The molecule has 7 aromatic carbocycles. The molecule has 1 spiro atoms. The maximum atomic E-state index is 2.46. The van der Waals surface area contributed by atoms with E-state index in [-0.39, 0.29) is 5.41 Å². The van der Waals surface area contributed by atoms with E-state index in [4.69, 9.17) is 0 Å². The van der Waals surface area contributed by atoms with Crippen LogP contribution >= 0.6 is 0 Å². The van der Waals surface area contributed by atoms with Gasteiger partial charge in [0.25, 0.3) is 0 Å². The summed E-state index contributed by atoms with van der Waals surface area (Å²) in [6.45, 7) is 0. The van der Waals surface area contributed by atoms with Gasteiger partial charge in [0.1, 0.15) is 0 Å². The van der Waals surface area contributed by atoms with Gasteiger partial charge < -0.3 is 0 Å². The molecule has 0 N–H and O–H groups in total. The number of fused-ring (bicyclic) bond motifs is 3. The molecular formula is C43H28. The van der Waals surface area contributed by atoms with Crippen LogP contribution in [0.2, 0.25) is 0 Å². The predicted octanol–water partition coefficient (Wildman–Crippen LogP) is 11.4. The molecule has 0 nitrogen and oxygen atoms in total. The van der Waals surface area contributed by atoms with Gasteiger partial charge in [0.05, 0.1) is 0 Å². The third-order valence-electron chi connectivity index (χ3n) is 10.4. The van der Waals surface area contributed by atoms with Crippen molar-refractivity contribution in [2.75, 3.05) is 0 Å². The molecule has 0 radical (unpaired) electrons. The molecule has 10 rings (SSSR count). The number of hydrogen-bond donors (Lipinski definition) is 0. The summed E-state index contributed by atoms with van der Waals surface area (Å²) >= 11 is 0. The predicted molar refractivity (Wildman–Crippen MR) is 182 cm³/mol. The van der Waals surface area contributed by atoms with Crippen LogP contribution in [0.4, 0.5) is 0 Å². The van der Waals surface area contributed by atoms with E-state index in [2.05, 4.69) is 152 Å². The van der Waals surface area contributed by atoms with Crippen molar-refractivity contribution in [1.82, 2.24) is 0 Å². The highest BCUT2D eigenvalue weighted by Crippen LogP contribution is 2.69. The van der Waals surface area contributed by atoms with Crippen molar-refractivity contribution in [2.24, 2.45) is 5.92 Å². The first-order valence-electron chi connectivity index (χ1n) is 15.4. The van der Waals surface area contributed by atoms with E-state index >= 15 is 0 Å². The van der Waals surface area contributed by atoms with Gasteiger partial charge in [0, 0.05) is 5.41 Å². The lowest BCUT2D eigenvalue weighted by Crippen LogP contribution is -2.08. The number of hydrogen-bond acceptors (Lipinski definition) is 0. The fourth-order valence-electron chi connectivity index (χ4n) is 8.46. The minimum Gasteiger partial charge on any atom is -0.0801 e. The summed E-state index contributed by atoms with van der Waals surface area (Å²) in [6.07, 6.45) is 8.31. The van der Waals surface area contributed by atoms with Gasteiger partial charge in [-0.3, -0.25) is 0 Å². The standard InChI is InChI=1S/C43H28/c1-2-10-27(11-3-1)28-20-22-29(23-21-28)40-31-13-4-6-15-33(31)41(34-16-7-5-14-32(34)40)36-24-25-39-42-35(36)17-9-18-37(42)38-19-8-12-30-26-43(30,38)39/h1-25,30H,26H2. The van der Waals surface area contributed by atoms with Crippen LogP contribution in [0.15, 0.2) is 152 Å². The second-order valence-electron chi connectivity index (χ2n) is 12.4. The van der Waals surface area contributed by atoms with Crippen molar-refractivity contribution >= 4 is 37.9 Å². The Hall–Kier alpha value is -5.20. The molecule has 0 saturated heterocycles. The average Bonchev–Trinajstić information content (AvgIpc) is 3.76. The Morgan fingerprint density at radius 1 is 0.465 bits per heavy atom. The number of rotatable bonds is 3. The molecule has 2 unspecified atom stereocenters. The van der Waals surface area contributed by atoms with Crippen molar-refractivity contribution in [3.63, 3.8) is 0 Å². The zero-order valence-electron chi connectivity index (χ0n) is 23.7. The second-order valence-corrected chi connectivity index (χ2v) is 12.4. The highest BCUT2D eigenvalue weighted by molar-refractivity contribution is 6.24. The van der Waals surface area contributed by atoms with E-state index in [1.807, 2.05) is 0 Å². The van der Waals surface area contributed by atoms with Gasteiger partial charge in [-0.05, 0) is 94.7 Å². The van der Waals surface area contributed by atoms with Gasteiger partial charge in [0.15, 0.2) is 0 Å². The normalized spacial score (nSPS) is 19.4. The molecule has 0 bridgehead atoms. The van der Waals surface area contributed by atoms with E-state index in [1.165, 1.54) is 88.8 Å². The Labute approximate surface area is 251 Å². The fourth-order valence-corrected chi connectivity index (χ4v) is 8.46. The third-order valence-corrected chi connectivity index (χ3v) is 10.4. The van der Waals surface area contributed by atoms with E-state index in [0.717, 1.165) is 0 Å². The van der Waals surface area contributed by atoms with Crippen LogP contribution in [0.25, 0.3) is 71.3 Å². The minimum absolute atomic E-state index is 0.203. The molecular weight excluding hydrogens is 516 g/mol. The molecule has 0 aliphatic heterocycles. The van der Waals surface area contributed by atoms with Crippen LogP contribution in [0.1, 0.15) is 17.5 Å². The SMILES string of the molecule is C1=CC2CC23C(=C1)c1cccc2c(-c4c5ccccc5c(-c5ccc(-c6ccccc6)cc5)c5ccccc45)ccc3c12. The first kappa shape index (κ1) is 23.4. The molecule has 3 aliphatic carbocycles. The monoisotopic (exact) mass is 544 g/mol. The van der Waals surface area contributed by atoms with Gasteiger partial charge in [-0.15, -0.1) is 0 Å². The quantitative estimate of drug-likeness (QED) is 0.194. The summed E-state index contributed by atoms with van der Waals surface area (Å²) in [5.74, 6) is 0.642. The maximum absolute atomic E-state index is 2.46. The Kier molecular flexibility index (Phi) is 4.58. The van der Waals surface area contributed by atoms with Crippen LogP contribution < -0.4 is 0 Å². The average molecular weight is 545 g/mol. The van der Waals surface area contributed by atoms with Gasteiger partial charge >= 0.3 is 0 Å². The lowest BCUT2D eigenvalue weighted by Gasteiger charge is -2.20. The maximum Gasteiger partial charge on any atom is 0.0284 e. The summed E-state index contributed by atoms with van der Waals surface area (Å²) in [5.41, 5.74) is 12.4. The molecule has 0 heterocycles. The van der Waals surface area contributed by atoms with Gasteiger partial charge in [-0.2, -0.15) is 0 Å². The van der Waals surface area contributed by atoms with Crippen LogP contribution in [-0.2, 0) is 5.41 Å². The molecule has 1 fully saturated rings. The third kappa shape index (κ3) is 3.05. The second kappa shape index (κ2) is 8.43. The fraction of sp³-hybridized carbons (Fsp3) is 0.0698. The zero-order chi connectivity index (χ0) is 28.1. The van der Waals surface area contributed by atoms with Crippen LogP contribution in [-0.4, -0.2) is 0 Å². The number of allylic oxidation sites excluding steroid dienone is 4. The minimum atomic E-state index is 0.203. The molecule has 43 heavy (non-hydrogen) atoms. The lowest BCUT2D eigenvalue weighted by molar-refractivity contribution is 0.866. The molecule has 7 aromatic rings. The first-order chi connectivity index (χ1) is 21.3. The van der Waals surface area contributed by atoms with Gasteiger partial charge in [0.2, 0.25) is 0 Å². The summed E-state index contributed by atoms with van der Waals surface area (Å²) in [4.78, 5) is 0. The Balaban J connectivity index is 1.25. The highest BCUT2D eigenvalue weighted by atomic mass is 14.6. The Morgan fingerprint density at radius 3 is 1.79 bits per heavy atom. The van der Waals surface area contributed by atoms with Crippen LogP contribution in [0, 0.1) is 5.92 Å². The summed E-state index contributed by atoms with van der Waals surface area (Å²) in [5, 5.41) is 8.05. The molecule has 200 valence electrons. The largest absolute Gasteiger partial charge is 0.0801 e. The van der Waals surface area contributed by atoms with Gasteiger partial charge in [-0.1, -0.05) is 152 Å². The summed E-state index contributed by atoms with van der Waals surface area (Å²) < 4.78 is 0. The van der Waals surface area contributed by atoms with Crippen molar-refractivity contribution in [3.8, 4) is 33.4 Å². The Bertz CT molecular complexity index is 2290. The van der Waals surface area contributed by atoms with E-state index in [0.29, 0.717) is 5.92 Å². The van der Waals surface area contributed by atoms with Crippen LogP contribution in [0.3, 0.4) is 0 Å². The van der Waals surface area contributed by atoms with Crippen LogP contribution in [0.5, 0.6) is 0 Å². The molecule has 0 aromatic heterocycles. The van der Waals surface area contributed by atoms with E-state index in [1.54, 1.807) is 0 Å². The van der Waals surface area contributed by atoms with Gasteiger partial charge in [-0.25, -0.2) is 0 Å². The smallest absolute Gasteiger partial charge is 0.0284 e. The summed E-state index contributed by atoms with van der Waals surface area (Å²) in [6, 6.07) is 49.7. The highest BCUT2D eigenvalue weighted by Gasteiger charge is 2.61. The summed E-state index contributed by atoms with van der Waals surface area (Å²) in [7, 11) is 0.